The van der Waals surface area contributed by atoms with Crippen LogP contribution < -0.4 is 14.4 Å². The summed E-state index contributed by atoms with van der Waals surface area (Å²) in [5, 5.41) is 0.867. The van der Waals surface area contributed by atoms with Gasteiger partial charge in [-0.2, -0.15) is 0 Å². The molecule has 8 heteroatoms. The van der Waals surface area contributed by atoms with Crippen LogP contribution in [0.3, 0.4) is 0 Å². The van der Waals surface area contributed by atoms with Gasteiger partial charge in [-0.15, -0.1) is 0 Å². The van der Waals surface area contributed by atoms with Crippen molar-refractivity contribution in [2.24, 2.45) is 0 Å². The molecule has 1 aromatic heterocycles. The van der Waals surface area contributed by atoms with E-state index < -0.39 is 0 Å². The molecule has 31 heavy (non-hydrogen) atoms. The molecule has 0 bridgehead atoms. The lowest BCUT2D eigenvalue weighted by atomic mass is 9.81. The Morgan fingerprint density at radius 3 is 2.68 bits per heavy atom. The number of aromatic nitrogens is 1. The molecule has 0 N–H and O–H groups in total. The van der Waals surface area contributed by atoms with Crippen molar-refractivity contribution in [1.82, 2.24) is 9.88 Å². The summed E-state index contributed by atoms with van der Waals surface area (Å²) >= 11 is 7.63. The lowest BCUT2D eigenvalue weighted by Gasteiger charge is -2.25. The molecule has 5 rings (SSSR count). The third kappa shape index (κ3) is 3.62. The molecule has 0 aliphatic carbocycles. The highest BCUT2D eigenvalue weighted by Gasteiger charge is 2.49. The summed E-state index contributed by atoms with van der Waals surface area (Å²) in [6.45, 7) is 3.84. The molecule has 1 amide bonds. The van der Waals surface area contributed by atoms with Gasteiger partial charge in [0.15, 0.2) is 5.13 Å². The zero-order valence-corrected chi connectivity index (χ0v) is 18.9. The van der Waals surface area contributed by atoms with Crippen molar-refractivity contribution in [3.63, 3.8) is 0 Å². The summed E-state index contributed by atoms with van der Waals surface area (Å²) in [6, 6.07) is 13.7. The van der Waals surface area contributed by atoms with Crippen molar-refractivity contribution in [2.45, 2.75) is 18.8 Å². The second-order valence-electron chi connectivity index (χ2n) is 7.96. The van der Waals surface area contributed by atoms with Crippen LogP contribution in [0, 0.1) is 0 Å². The van der Waals surface area contributed by atoms with Crippen LogP contribution in [0.4, 0.5) is 10.8 Å². The van der Waals surface area contributed by atoms with Gasteiger partial charge in [0.05, 0.1) is 13.3 Å². The number of halogens is 1. The van der Waals surface area contributed by atoms with Gasteiger partial charge in [0.2, 0.25) is 5.91 Å². The zero-order chi connectivity index (χ0) is 21.6. The summed E-state index contributed by atoms with van der Waals surface area (Å²) in [5.41, 5.74) is 2.12. The van der Waals surface area contributed by atoms with Gasteiger partial charge in [-0.1, -0.05) is 29.0 Å². The first-order chi connectivity index (χ1) is 15.0. The van der Waals surface area contributed by atoms with Gasteiger partial charge in [-0.3, -0.25) is 4.79 Å². The molecule has 2 aliphatic heterocycles. The van der Waals surface area contributed by atoms with E-state index in [0.29, 0.717) is 16.6 Å². The Bertz CT molecular complexity index is 1150. The fourth-order valence-electron chi connectivity index (χ4n) is 4.54. The average molecular weight is 456 g/mol. The fourth-order valence-corrected chi connectivity index (χ4v) is 5.46. The number of rotatable bonds is 4. The second kappa shape index (κ2) is 7.73. The third-order valence-corrected chi connectivity index (χ3v) is 7.20. The average Bonchev–Trinajstić information content (AvgIpc) is 3.47. The van der Waals surface area contributed by atoms with Gasteiger partial charge in [0, 0.05) is 43.7 Å². The van der Waals surface area contributed by atoms with E-state index >= 15 is 0 Å². The Morgan fingerprint density at radius 2 is 1.97 bits per heavy atom. The first-order valence-corrected chi connectivity index (χ1v) is 11.3. The van der Waals surface area contributed by atoms with Gasteiger partial charge in [0.25, 0.3) is 0 Å². The smallest absolute Gasteiger partial charge is 0.219 e. The van der Waals surface area contributed by atoms with Gasteiger partial charge in [-0.05, 0) is 42.3 Å². The van der Waals surface area contributed by atoms with Crippen molar-refractivity contribution in [3.8, 4) is 17.2 Å². The highest BCUT2D eigenvalue weighted by atomic mass is 35.5. The summed E-state index contributed by atoms with van der Waals surface area (Å²) in [6.07, 6.45) is 2.58. The Balaban J connectivity index is 1.53. The maximum atomic E-state index is 12.1. The quantitative estimate of drug-likeness (QED) is 0.538. The molecular weight excluding hydrogens is 434 g/mol. The van der Waals surface area contributed by atoms with Gasteiger partial charge >= 0.3 is 0 Å². The van der Waals surface area contributed by atoms with Crippen molar-refractivity contribution in [1.29, 1.82) is 0 Å². The minimum atomic E-state index is -0.160. The normalized spacial score (nSPS) is 19.7. The molecule has 3 aromatic rings. The summed E-state index contributed by atoms with van der Waals surface area (Å²) in [7, 11) is 1.64. The summed E-state index contributed by atoms with van der Waals surface area (Å²) in [4.78, 5) is 20.7. The van der Waals surface area contributed by atoms with Crippen LogP contribution in [-0.2, 0) is 10.2 Å². The van der Waals surface area contributed by atoms with Crippen LogP contribution in [0.25, 0.3) is 0 Å². The highest BCUT2D eigenvalue weighted by Crippen LogP contribution is 2.51. The van der Waals surface area contributed by atoms with Crippen molar-refractivity contribution < 1.29 is 14.3 Å². The second-order valence-corrected chi connectivity index (χ2v) is 9.60. The van der Waals surface area contributed by atoms with Crippen molar-refractivity contribution in [3.05, 3.63) is 58.6 Å². The van der Waals surface area contributed by atoms with E-state index in [9.17, 15) is 4.79 Å². The molecule has 3 heterocycles. The van der Waals surface area contributed by atoms with E-state index in [-0.39, 0.29) is 11.3 Å². The molecule has 160 valence electrons. The lowest BCUT2D eigenvalue weighted by Crippen LogP contribution is -2.36. The molecular formula is C23H22ClN3O3S. The number of carbonyl (C=O) groups is 1. The minimum absolute atomic E-state index is 0.109. The van der Waals surface area contributed by atoms with E-state index in [0.717, 1.165) is 41.8 Å². The maximum Gasteiger partial charge on any atom is 0.219 e. The van der Waals surface area contributed by atoms with E-state index in [1.807, 2.05) is 35.2 Å². The molecule has 1 saturated heterocycles. The van der Waals surface area contributed by atoms with Gasteiger partial charge in [-0.25, -0.2) is 4.98 Å². The number of benzene rings is 2. The number of carbonyl (C=O) groups excluding carboxylic acids is 1. The van der Waals surface area contributed by atoms with E-state index in [1.54, 1.807) is 20.2 Å². The number of likely N-dealkylation sites (tertiary alicyclic amines) is 1. The highest BCUT2D eigenvalue weighted by molar-refractivity contribution is 7.19. The number of ether oxygens (including phenoxy) is 2. The summed E-state index contributed by atoms with van der Waals surface area (Å²) in [5.74, 6) is 2.33. The number of anilines is 2. The third-order valence-electron chi connectivity index (χ3n) is 6.06. The van der Waals surface area contributed by atoms with Gasteiger partial charge in [0.1, 0.15) is 21.6 Å². The maximum absolute atomic E-state index is 12.1. The number of methoxy groups -OCH3 is 1. The molecule has 1 unspecified atom stereocenters. The number of fused-ring (bicyclic) bond motifs is 2. The van der Waals surface area contributed by atoms with Crippen molar-refractivity contribution in [2.75, 3.05) is 31.6 Å². The number of thiazole rings is 1. The largest absolute Gasteiger partial charge is 0.497 e. The number of nitrogens with zero attached hydrogens (tertiary/aromatic N) is 3. The first kappa shape index (κ1) is 20.2. The molecule has 2 aliphatic rings. The van der Waals surface area contributed by atoms with Gasteiger partial charge < -0.3 is 19.3 Å². The fraction of sp³-hybridized carbons (Fsp3) is 0.304. The predicted octanol–water partition coefficient (Wildman–Crippen LogP) is 5.24. The van der Waals surface area contributed by atoms with Crippen LogP contribution in [-0.4, -0.2) is 42.5 Å². The van der Waals surface area contributed by atoms with Crippen molar-refractivity contribution >= 4 is 39.7 Å². The van der Waals surface area contributed by atoms with E-state index in [2.05, 4.69) is 22.0 Å². The molecule has 1 atom stereocenters. The predicted molar refractivity (Wildman–Crippen MR) is 122 cm³/mol. The standard InChI is InChI=1S/C23H22ClN3O3S/c1-15(28)26-9-8-23(13-26)14-27(22-25-12-21(24)31-22)20-7-6-18(11-19(20)23)30-17-5-3-4-16(10-17)29-2/h3-7,10-12H,8-9,13-14H2,1-2H3. The van der Waals surface area contributed by atoms with E-state index in [1.165, 1.54) is 16.9 Å². The molecule has 0 radical (unpaired) electrons. The molecule has 2 aromatic carbocycles. The van der Waals surface area contributed by atoms with E-state index in [4.69, 9.17) is 21.1 Å². The molecule has 1 spiro atoms. The lowest BCUT2D eigenvalue weighted by molar-refractivity contribution is -0.127. The Kier molecular flexibility index (Phi) is 5.02. The number of amides is 1. The van der Waals surface area contributed by atoms with Crippen LogP contribution in [0.1, 0.15) is 18.9 Å². The Labute approximate surface area is 190 Å². The number of hydrogen-bond acceptors (Lipinski definition) is 6. The SMILES string of the molecule is COc1cccc(Oc2ccc3c(c2)C2(CCN(C(C)=O)C2)CN3c2ncc(Cl)s2)c1. The Morgan fingerprint density at radius 1 is 1.16 bits per heavy atom. The van der Waals surface area contributed by atoms with Crippen LogP contribution in [0.2, 0.25) is 4.34 Å². The van der Waals surface area contributed by atoms with Crippen LogP contribution in [0.5, 0.6) is 17.2 Å². The Hall–Kier alpha value is -2.77. The summed E-state index contributed by atoms with van der Waals surface area (Å²) < 4.78 is 12.1. The minimum Gasteiger partial charge on any atom is -0.497 e. The zero-order valence-electron chi connectivity index (χ0n) is 17.3. The topological polar surface area (TPSA) is 54.9 Å². The molecule has 6 nitrogen and oxygen atoms in total. The van der Waals surface area contributed by atoms with Crippen LogP contribution >= 0.6 is 22.9 Å². The number of hydrogen-bond donors (Lipinski definition) is 0. The monoisotopic (exact) mass is 455 g/mol. The first-order valence-electron chi connectivity index (χ1n) is 10.1. The molecule has 1 fully saturated rings. The van der Waals surface area contributed by atoms with Crippen LogP contribution in [0.15, 0.2) is 48.7 Å². The molecule has 0 saturated carbocycles.